The van der Waals surface area contributed by atoms with Gasteiger partial charge in [0.25, 0.3) is 5.91 Å². The zero-order valence-corrected chi connectivity index (χ0v) is 8.94. The number of likely N-dealkylation sites (N-methyl/N-ethyl adjacent to an activating group) is 1. The van der Waals surface area contributed by atoms with Gasteiger partial charge in [0.15, 0.2) is 6.04 Å². The summed E-state index contributed by atoms with van der Waals surface area (Å²) in [5.41, 5.74) is 0. The number of dihydropyridines is 1. The minimum atomic E-state index is 0.101. The minimum Gasteiger partial charge on any atom is -0.371 e. The van der Waals surface area contributed by atoms with E-state index in [1.807, 2.05) is 23.1 Å². The highest BCUT2D eigenvalue weighted by atomic mass is 16.2. The van der Waals surface area contributed by atoms with Gasteiger partial charge in [-0.05, 0) is 25.4 Å². The van der Waals surface area contributed by atoms with E-state index < -0.39 is 0 Å². The molecular weight excluding hydrogens is 190 g/mol. The van der Waals surface area contributed by atoms with E-state index >= 15 is 0 Å². The van der Waals surface area contributed by atoms with Crippen LogP contribution < -0.4 is 5.32 Å². The molecule has 0 spiro atoms. The second kappa shape index (κ2) is 4.49. The van der Waals surface area contributed by atoms with E-state index in [2.05, 4.69) is 17.3 Å². The number of amides is 1. The van der Waals surface area contributed by atoms with E-state index in [1.165, 1.54) is 0 Å². The highest BCUT2D eigenvalue weighted by Gasteiger charge is 2.25. The van der Waals surface area contributed by atoms with Crippen LogP contribution in [0.1, 0.15) is 0 Å². The summed E-state index contributed by atoms with van der Waals surface area (Å²) in [6, 6.07) is 0.669. The van der Waals surface area contributed by atoms with Gasteiger partial charge in [0.1, 0.15) is 0 Å². The monoisotopic (exact) mass is 206 g/mol. The molecule has 2 aliphatic heterocycles. The van der Waals surface area contributed by atoms with Crippen LogP contribution in [0.3, 0.4) is 0 Å². The van der Waals surface area contributed by atoms with Crippen LogP contribution in [-0.4, -0.2) is 48.9 Å². The lowest BCUT2D eigenvalue weighted by molar-refractivity contribution is -0.130. The van der Waals surface area contributed by atoms with Crippen molar-refractivity contribution in [2.45, 2.75) is 0 Å². The van der Waals surface area contributed by atoms with Gasteiger partial charge in [0, 0.05) is 26.2 Å². The molecule has 2 rings (SSSR count). The standard InChI is InChI=1S/C11H16N3O/c1-13-6-8-14(9-7-13)11(15)10-4-2-3-5-12-10/h2-5,12H,6-9H2,1H3. The molecule has 4 nitrogen and oxygen atoms in total. The Kier molecular flexibility index (Phi) is 3.06. The van der Waals surface area contributed by atoms with Gasteiger partial charge in [-0.3, -0.25) is 4.79 Å². The number of hydrogen-bond acceptors (Lipinski definition) is 3. The highest BCUT2D eigenvalue weighted by Crippen LogP contribution is 2.10. The summed E-state index contributed by atoms with van der Waals surface area (Å²) < 4.78 is 0. The van der Waals surface area contributed by atoms with Crippen molar-refractivity contribution in [1.82, 2.24) is 15.1 Å². The van der Waals surface area contributed by atoms with Crippen molar-refractivity contribution < 1.29 is 4.79 Å². The molecule has 0 atom stereocenters. The maximum atomic E-state index is 12.0. The first-order valence-electron chi connectivity index (χ1n) is 5.22. The number of carbonyl (C=O) groups excluding carboxylic acids is 1. The molecule has 0 aromatic rings. The van der Waals surface area contributed by atoms with Crippen LogP contribution in [0.5, 0.6) is 0 Å². The van der Waals surface area contributed by atoms with E-state index in [0.29, 0.717) is 6.04 Å². The number of hydrogen-bond donors (Lipinski definition) is 1. The molecule has 0 aliphatic carbocycles. The number of nitrogens with zero attached hydrogens (tertiary/aromatic N) is 2. The van der Waals surface area contributed by atoms with Crippen LogP contribution in [0.4, 0.5) is 0 Å². The normalized spacial score (nSPS) is 22.9. The third-order valence-electron chi connectivity index (χ3n) is 2.73. The SMILES string of the molecule is CN1CCN(C(=O)[C]2C=CC=CN2)CC1. The van der Waals surface area contributed by atoms with Crippen LogP contribution in [0.25, 0.3) is 0 Å². The Labute approximate surface area is 90.2 Å². The molecule has 1 radical (unpaired) electrons. The van der Waals surface area contributed by atoms with Crippen LogP contribution >= 0.6 is 0 Å². The Morgan fingerprint density at radius 1 is 1.27 bits per heavy atom. The summed E-state index contributed by atoms with van der Waals surface area (Å²) in [6.45, 7) is 3.55. The summed E-state index contributed by atoms with van der Waals surface area (Å²) in [5.74, 6) is 0.101. The van der Waals surface area contributed by atoms with Gasteiger partial charge in [-0.25, -0.2) is 0 Å². The molecule has 0 bridgehead atoms. The van der Waals surface area contributed by atoms with E-state index in [-0.39, 0.29) is 5.91 Å². The number of carbonyl (C=O) groups is 1. The van der Waals surface area contributed by atoms with Gasteiger partial charge in [-0.1, -0.05) is 6.08 Å². The van der Waals surface area contributed by atoms with Crippen molar-refractivity contribution in [3.8, 4) is 0 Å². The van der Waals surface area contributed by atoms with E-state index in [1.54, 1.807) is 6.20 Å². The predicted molar refractivity (Wildman–Crippen MR) is 58.7 cm³/mol. The van der Waals surface area contributed by atoms with Gasteiger partial charge in [-0.2, -0.15) is 0 Å². The average Bonchev–Trinajstić information content (AvgIpc) is 2.30. The first-order valence-corrected chi connectivity index (χ1v) is 5.22. The molecule has 4 heteroatoms. The zero-order chi connectivity index (χ0) is 10.7. The van der Waals surface area contributed by atoms with E-state index in [4.69, 9.17) is 0 Å². The molecule has 1 fully saturated rings. The largest absolute Gasteiger partial charge is 0.371 e. The summed E-state index contributed by atoms with van der Waals surface area (Å²) in [6.07, 6.45) is 7.35. The van der Waals surface area contributed by atoms with Gasteiger partial charge < -0.3 is 15.1 Å². The summed E-state index contributed by atoms with van der Waals surface area (Å²) in [7, 11) is 2.08. The third kappa shape index (κ3) is 2.39. The maximum absolute atomic E-state index is 12.0. The van der Waals surface area contributed by atoms with Gasteiger partial charge in [0.2, 0.25) is 0 Å². The molecule has 81 valence electrons. The quantitative estimate of drug-likeness (QED) is 0.654. The Balaban J connectivity index is 1.90. The van der Waals surface area contributed by atoms with Crippen molar-refractivity contribution in [2.75, 3.05) is 33.2 Å². The molecular formula is C11H16N3O. The Bertz CT molecular complexity index is 290. The lowest BCUT2D eigenvalue weighted by atomic mass is 10.2. The first kappa shape index (κ1) is 10.2. The second-order valence-corrected chi connectivity index (χ2v) is 3.87. The number of allylic oxidation sites excluding steroid dienone is 2. The lowest BCUT2D eigenvalue weighted by Crippen LogP contribution is -2.50. The molecule has 2 heterocycles. The number of piperazine rings is 1. The minimum absolute atomic E-state index is 0.101. The fourth-order valence-corrected chi connectivity index (χ4v) is 1.71. The van der Waals surface area contributed by atoms with Crippen LogP contribution in [0.2, 0.25) is 0 Å². The molecule has 0 aromatic carbocycles. The first-order chi connectivity index (χ1) is 7.27. The smallest absolute Gasteiger partial charge is 0.255 e. The van der Waals surface area contributed by atoms with Crippen LogP contribution in [0.15, 0.2) is 24.4 Å². The van der Waals surface area contributed by atoms with E-state index in [9.17, 15) is 4.79 Å². The number of rotatable bonds is 1. The predicted octanol–water partition coefficient (Wildman–Crippen LogP) is -0.0345. The van der Waals surface area contributed by atoms with Gasteiger partial charge in [0.05, 0.1) is 0 Å². The third-order valence-corrected chi connectivity index (χ3v) is 2.73. The lowest BCUT2D eigenvalue weighted by Gasteiger charge is -2.34. The molecule has 2 aliphatic rings. The molecule has 15 heavy (non-hydrogen) atoms. The summed E-state index contributed by atoms with van der Waals surface area (Å²) in [5, 5.41) is 2.97. The molecule has 1 N–H and O–H groups in total. The molecule has 0 unspecified atom stereocenters. The molecule has 1 saturated heterocycles. The fourth-order valence-electron chi connectivity index (χ4n) is 1.71. The summed E-state index contributed by atoms with van der Waals surface area (Å²) >= 11 is 0. The van der Waals surface area contributed by atoms with Gasteiger partial charge in [-0.15, -0.1) is 0 Å². The van der Waals surface area contributed by atoms with Crippen molar-refractivity contribution >= 4 is 5.91 Å². The number of nitrogens with one attached hydrogen (secondary N) is 1. The van der Waals surface area contributed by atoms with Crippen molar-refractivity contribution in [2.24, 2.45) is 0 Å². The maximum Gasteiger partial charge on any atom is 0.255 e. The zero-order valence-electron chi connectivity index (χ0n) is 8.94. The second-order valence-electron chi connectivity index (χ2n) is 3.87. The molecule has 0 aromatic heterocycles. The Morgan fingerprint density at radius 2 is 2.00 bits per heavy atom. The molecule has 0 saturated carbocycles. The fraction of sp³-hybridized carbons (Fsp3) is 0.455. The van der Waals surface area contributed by atoms with Crippen LogP contribution in [0, 0.1) is 6.04 Å². The average molecular weight is 206 g/mol. The van der Waals surface area contributed by atoms with Crippen molar-refractivity contribution in [1.29, 1.82) is 0 Å². The van der Waals surface area contributed by atoms with E-state index in [0.717, 1.165) is 26.2 Å². The van der Waals surface area contributed by atoms with Crippen molar-refractivity contribution in [3.63, 3.8) is 0 Å². The Hall–Kier alpha value is -1.29. The Morgan fingerprint density at radius 3 is 2.60 bits per heavy atom. The topological polar surface area (TPSA) is 35.6 Å². The van der Waals surface area contributed by atoms with Gasteiger partial charge >= 0.3 is 0 Å². The summed E-state index contributed by atoms with van der Waals surface area (Å²) in [4.78, 5) is 16.1. The van der Waals surface area contributed by atoms with Crippen molar-refractivity contribution in [3.05, 3.63) is 30.5 Å². The van der Waals surface area contributed by atoms with Crippen LogP contribution in [-0.2, 0) is 4.79 Å². The molecule has 1 amide bonds. The highest BCUT2D eigenvalue weighted by molar-refractivity contribution is 5.92.